The number of nitrogens with zero attached hydrogens (tertiary/aromatic N) is 2. The van der Waals surface area contributed by atoms with Crippen molar-refractivity contribution in [2.75, 3.05) is 0 Å². The Labute approximate surface area is 194 Å². The van der Waals surface area contributed by atoms with Crippen LogP contribution in [0.15, 0.2) is 60.0 Å². The minimum Gasteiger partial charge on any atom is -0.424 e. The van der Waals surface area contributed by atoms with E-state index in [2.05, 4.69) is 4.98 Å². The lowest BCUT2D eigenvalue weighted by atomic mass is 9.90. The van der Waals surface area contributed by atoms with Crippen LogP contribution in [0.5, 0.6) is 0 Å². The second-order valence-electron chi connectivity index (χ2n) is 7.89. The summed E-state index contributed by atoms with van der Waals surface area (Å²) in [4.78, 5) is 17.3. The molecular formula is C25H21F3N2O2S. The summed E-state index contributed by atoms with van der Waals surface area (Å²) < 4.78 is 46.9. The molecule has 1 aromatic heterocycles. The van der Waals surface area contributed by atoms with Crippen LogP contribution in [0.3, 0.4) is 0 Å². The van der Waals surface area contributed by atoms with Crippen LogP contribution in [0.2, 0.25) is 0 Å². The predicted molar refractivity (Wildman–Crippen MR) is 122 cm³/mol. The Bertz CT molecular complexity index is 1220. The maximum atomic E-state index is 13.8. The molecule has 4 nitrogen and oxygen atoms in total. The SMILES string of the molecule is CCC(C)(C)C(=O)O/C(=C(\C#N)c1csc(-c2ccccc2)n1)c1ccccc1C(F)(F)F. The zero-order chi connectivity index (χ0) is 24.2. The normalized spacial score (nSPS) is 12.6. The average Bonchev–Trinajstić information content (AvgIpc) is 3.28. The molecule has 0 atom stereocenters. The first-order valence-electron chi connectivity index (χ1n) is 10.1. The highest BCUT2D eigenvalue weighted by Gasteiger charge is 2.37. The first kappa shape index (κ1) is 24.2. The third kappa shape index (κ3) is 5.32. The molecule has 0 radical (unpaired) electrons. The van der Waals surface area contributed by atoms with Gasteiger partial charge >= 0.3 is 12.1 Å². The third-order valence-electron chi connectivity index (χ3n) is 5.23. The number of hydrogen-bond acceptors (Lipinski definition) is 5. The van der Waals surface area contributed by atoms with E-state index >= 15 is 0 Å². The molecule has 0 aliphatic heterocycles. The van der Waals surface area contributed by atoms with Crippen LogP contribution in [0, 0.1) is 16.7 Å². The van der Waals surface area contributed by atoms with Crippen LogP contribution in [-0.2, 0) is 15.7 Å². The minimum atomic E-state index is -4.72. The smallest absolute Gasteiger partial charge is 0.417 e. The van der Waals surface area contributed by atoms with Gasteiger partial charge in [0.1, 0.15) is 16.6 Å². The molecule has 170 valence electrons. The maximum Gasteiger partial charge on any atom is 0.417 e. The summed E-state index contributed by atoms with van der Waals surface area (Å²) >= 11 is 1.24. The van der Waals surface area contributed by atoms with Gasteiger partial charge in [0.2, 0.25) is 0 Å². The average molecular weight is 471 g/mol. The molecule has 0 N–H and O–H groups in total. The Hall–Kier alpha value is -3.44. The van der Waals surface area contributed by atoms with Crippen molar-refractivity contribution < 1.29 is 22.7 Å². The van der Waals surface area contributed by atoms with Crippen molar-refractivity contribution in [1.29, 1.82) is 5.26 Å². The van der Waals surface area contributed by atoms with Gasteiger partial charge in [-0.25, -0.2) is 4.98 Å². The van der Waals surface area contributed by atoms with Crippen LogP contribution in [0.1, 0.15) is 44.0 Å². The van der Waals surface area contributed by atoms with E-state index in [4.69, 9.17) is 4.74 Å². The number of hydrogen-bond donors (Lipinski definition) is 0. The molecule has 0 aliphatic carbocycles. The Kier molecular flexibility index (Phi) is 7.04. The molecule has 0 unspecified atom stereocenters. The number of ether oxygens (including phenoxy) is 1. The van der Waals surface area contributed by atoms with E-state index in [1.165, 1.54) is 29.5 Å². The summed E-state index contributed by atoms with van der Waals surface area (Å²) in [7, 11) is 0. The molecule has 1 heterocycles. The monoisotopic (exact) mass is 470 g/mol. The highest BCUT2D eigenvalue weighted by atomic mass is 32.1. The molecule has 0 amide bonds. The summed E-state index contributed by atoms with van der Waals surface area (Å²) in [5, 5.41) is 12.1. The predicted octanol–water partition coefficient (Wildman–Crippen LogP) is 7.20. The molecule has 0 bridgehead atoms. The molecule has 33 heavy (non-hydrogen) atoms. The number of aromatic nitrogens is 1. The minimum absolute atomic E-state index is 0.135. The number of alkyl halides is 3. The highest BCUT2D eigenvalue weighted by molar-refractivity contribution is 7.13. The van der Waals surface area contributed by atoms with Gasteiger partial charge in [-0.05, 0) is 26.3 Å². The Morgan fingerprint density at radius 2 is 1.73 bits per heavy atom. The van der Waals surface area contributed by atoms with E-state index in [-0.39, 0.29) is 11.3 Å². The fourth-order valence-corrected chi connectivity index (χ4v) is 3.69. The van der Waals surface area contributed by atoms with Crippen LogP contribution in [0.4, 0.5) is 13.2 Å². The standard InChI is InChI=1S/C25H21F3N2O2S/c1-4-24(2,3)23(31)32-21(17-12-8-9-13-19(17)25(26,27)28)18(14-29)20-15-33-22(30-20)16-10-6-5-7-11-16/h5-13,15H,4H2,1-3H3/b21-18+. The lowest BCUT2D eigenvalue weighted by Gasteiger charge is -2.23. The number of nitriles is 1. The van der Waals surface area contributed by atoms with E-state index in [1.54, 1.807) is 26.2 Å². The zero-order valence-electron chi connectivity index (χ0n) is 18.2. The van der Waals surface area contributed by atoms with Gasteiger partial charge in [0, 0.05) is 16.5 Å². The van der Waals surface area contributed by atoms with Crippen LogP contribution < -0.4 is 0 Å². The molecule has 0 fully saturated rings. The second-order valence-corrected chi connectivity index (χ2v) is 8.75. The summed E-state index contributed by atoms with van der Waals surface area (Å²) in [6, 6.07) is 15.8. The Morgan fingerprint density at radius 1 is 1.09 bits per heavy atom. The van der Waals surface area contributed by atoms with E-state index in [0.29, 0.717) is 11.4 Å². The fourth-order valence-electron chi connectivity index (χ4n) is 2.87. The van der Waals surface area contributed by atoms with Crippen LogP contribution >= 0.6 is 11.3 Å². The van der Waals surface area contributed by atoms with Gasteiger partial charge in [-0.2, -0.15) is 18.4 Å². The van der Waals surface area contributed by atoms with E-state index in [0.717, 1.165) is 11.6 Å². The molecular weight excluding hydrogens is 449 g/mol. The van der Waals surface area contributed by atoms with Gasteiger partial charge in [0.25, 0.3) is 0 Å². The van der Waals surface area contributed by atoms with Gasteiger partial charge in [-0.3, -0.25) is 4.79 Å². The van der Waals surface area contributed by atoms with Crippen molar-refractivity contribution in [2.24, 2.45) is 5.41 Å². The fraction of sp³-hybridized carbons (Fsp3) is 0.240. The number of allylic oxidation sites excluding steroid dienone is 1. The molecule has 0 spiro atoms. The summed E-state index contributed by atoms with van der Waals surface area (Å²) in [5.74, 6) is -1.19. The Morgan fingerprint density at radius 3 is 2.33 bits per heavy atom. The largest absolute Gasteiger partial charge is 0.424 e. The molecule has 0 aliphatic rings. The lowest BCUT2D eigenvalue weighted by molar-refractivity contribution is -0.147. The lowest BCUT2D eigenvalue weighted by Crippen LogP contribution is -2.26. The number of carbonyl (C=O) groups excluding carboxylic acids is 1. The van der Waals surface area contributed by atoms with E-state index in [9.17, 15) is 23.2 Å². The quantitative estimate of drug-likeness (QED) is 0.217. The number of benzene rings is 2. The van der Waals surface area contributed by atoms with Crippen LogP contribution in [0.25, 0.3) is 21.9 Å². The van der Waals surface area contributed by atoms with Gasteiger partial charge in [0.15, 0.2) is 5.76 Å². The summed E-state index contributed by atoms with van der Waals surface area (Å²) in [5.41, 5.74) is -1.67. The van der Waals surface area contributed by atoms with Crippen molar-refractivity contribution >= 4 is 28.6 Å². The van der Waals surface area contributed by atoms with Gasteiger partial charge in [-0.15, -0.1) is 11.3 Å². The van der Waals surface area contributed by atoms with Crippen molar-refractivity contribution in [1.82, 2.24) is 4.98 Å². The summed E-state index contributed by atoms with van der Waals surface area (Å²) in [6.45, 7) is 5.03. The molecule has 3 aromatic rings. The number of carbonyl (C=O) groups is 1. The van der Waals surface area contributed by atoms with Crippen molar-refractivity contribution in [3.05, 3.63) is 76.8 Å². The Balaban J connectivity index is 2.23. The van der Waals surface area contributed by atoms with Crippen LogP contribution in [-0.4, -0.2) is 11.0 Å². The van der Waals surface area contributed by atoms with Gasteiger partial charge in [0.05, 0.1) is 16.7 Å². The van der Waals surface area contributed by atoms with Crippen molar-refractivity contribution in [2.45, 2.75) is 33.4 Å². The third-order valence-corrected chi connectivity index (χ3v) is 6.12. The molecule has 2 aromatic carbocycles. The first-order valence-corrected chi connectivity index (χ1v) is 11.0. The zero-order valence-corrected chi connectivity index (χ0v) is 19.1. The topological polar surface area (TPSA) is 63.0 Å². The highest BCUT2D eigenvalue weighted by Crippen LogP contribution is 2.39. The molecule has 3 rings (SSSR count). The first-order chi connectivity index (χ1) is 15.6. The van der Waals surface area contributed by atoms with E-state index < -0.39 is 34.4 Å². The molecule has 8 heteroatoms. The van der Waals surface area contributed by atoms with Crippen molar-refractivity contribution in [3.63, 3.8) is 0 Å². The number of esters is 1. The number of rotatable bonds is 6. The molecule has 0 saturated heterocycles. The van der Waals surface area contributed by atoms with Gasteiger partial charge in [-0.1, -0.05) is 55.5 Å². The molecule has 0 saturated carbocycles. The number of halogens is 3. The maximum absolute atomic E-state index is 13.8. The summed E-state index contributed by atoms with van der Waals surface area (Å²) in [6.07, 6.45) is -4.32. The second kappa shape index (κ2) is 9.59. The number of thiazole rings is 1. The van der Waals surface area contributed by atoms with Crippen molar-refractivity contribution in [3.8, 4) is 16.6 Å². The van der Waals surface area contributed by atoms with E-state index in [1.807, 2.05) is 36.4 Å². The van der Waals surface area contributed by atoms with Gasteiger partial charge < -0.3 is 4.74 Å².